The summed E-state index contributed by atoms with van der Waals surface area (Å²) in [6, 6.07) is 5.50. The van der Waals surface area contributed by atoms with Crippen molar-refractivity contribution < 1.29 is 9.32 Å². The van der Waals surface area contributed by atoms with Crippen molar-refractivity contribution in [1.29, 1.82) is 0 Å². The molecule has 1 unspecified atom stereocenters. The molecule has 2 aromatic rings. The minimum absolute atomic E-state index is 0.0338. The number of carbonyl (C=O) groups excluding carboxylic acids is 1. The second-order valence-electron chi connectivity index (χ2n) is 4.94. The molecule has 3 rings (SSSR count). The Bertz CT molecular complexity index is 613. The van der Waals surface area contributed by atoms with E-state index in [0.717, 1.165) is 6.42 Å². The van der Waals surface area contributed by atoms with E-state index in [1.165, 1.54) is 0 Å². The number of carbonyl (C=O) groups is 1. The Morgan fingerprint density at radius 2 is 2.43 bits per heavy atom. The Morgan fingerprint density at radius 1 is 1.52 bits per heavy atom. The van der Waals surface area contributed by atoms with Gasteiger partial charge in [-0.2, -0.15) is 4.98 Å². The van der Waals surface area contributed by atoms with Crippen LogP contribution in [0.15, 0.2) is 28.9 Å². The average Bonchev–Trinajstić information content (AvgIpc) is 3.17. The molecular formula is C14H17N5O2. The predicted molar refractivity (Wildman–Crippen MR) is 75.5 cm³/mol. The fraction of sp³-hybridized carbons (Fsp3) is 0.429. The van der Waals surface area contributed by atoms with Crippen molar-refractivity contribution in [2.75, 3.05) is 19.6 Å². The van der Waals surface area contributed by atoms with Gasteiger partial charge in [0.2, 0.25) is 0 Å². The summed E-state index contributed by atoms with van der Waals surface area (Å²) in [5, 5.41) is 6.83. The van der Waals surface area contributed by atoms with Gasteiger partial charge in [-0.05, 0) is 25.5 Å². The number of pyridine rings is 1. The van der Waals surface area contributed by atoms with Crippen molar-refractivity contribution in [1.82, 2.24) is 25.3 Å². The molecule has 0 saturated carbocycles. The normalized spacial score (nSPS) is 18.0. The minimum Gasteiger partial charge on any atom is -0.338 e. The van der Waals surface area contributed by atoms with Crippen molar-refractivity contribution in [2.45, 2.75) is 19.3 Å². The van der Waals surface area contributed by atoms with Crippen LogP contribution in [0.2, 0.25) is 0 Å². The van der Waals surface area contributed by atoms with Crippen LogP contribution in [-0.4, -0.2) is 45.7 Å². The summed E-state index contributed by atoms with van der Waals surface area (Å²) in [6.07, 6.45) is 2.53. The number of hydrogen-bond donors (Lipinski definition) is 1. The van der Waals surface area contributed by atoms with E-state index in [-0.39, 0.29) is 11.9 Å². The molecule has 1 atom stereocenters. The predicted octanol–water partition coefficient (Wildman–Crippen LogP) is 1.65. The maximum Gasteiger partial charge on any atom is 0.317 e. The van der Waals surface area contributed by atoms with Crippen LogP contribution in [0.1, 0.15) is 25.1 Å². The molecule has 0 bridgehead atoms. The van der Waals surface area contributed by atoms with Crippen LogP contribution in [0.4, 0.5) is 4.79 Å². The fourth-order valence-corrected chi connectivity index (χ4v) is 2.41. The van der Waals surface area contributed by atoms with Gasteiger partial charge in [-0.3, -0.25) is 4.98 Å². The van der Waals surface area contributed by atoms with Crippen LogP contribution in [-0.2, 0) is 0 Å². The van der Waals surface area contributed by atoms with Crippen LogP contribution in [0.3, 0.4) is 0 Å². The van der Waals surface area contributed by atoms with Gasteiger partial charge in [-0.25, -0.2) is 4.79 Å². The van der Waals surface area contributed by atoms with Crippen molar-refractivity contribution in [3.63, 3.8) is 0 Å². The summed E-state index contributed by atoms with van der Waals surface area (Å²) >= 11 is 0. The van der Waals surface area contributed by atoms with E-state index in [9.17, 15) is 4.79 Å². The zero-order valence-corrected chi connectivity index (χ0v) is 11.8. The van der Waals surface area contributed by atoms with Gasteiger partial charge in [0, 0.05) is 31.7 Å². The second kappa shape index (κ2) is 5.90. The lowest BCUT2D eigenvalue weighted by Gasteiger charge is -2.15. The van der Waals surface area contributed by atoms with E-state index >= 15 is 0 Å². The smallest absolute Gasteiger partial charge is 0.317 e. The van der Waals surface area contributed by atoms with Gasteiger partial charge in [0.25, 0.3) is 5.89 Å². The molecule has 0 radical (unpaired) electrons. The SMILES string of the molecule is CCNC(=O)N1CCC(c2noc(-c3ccccn3)n2)C1. The highest BCUT2D eigenvalue weighted by Gasteiger charge is 2.30. The lowest BCUT2D eigenvalue weighted by Crippen LogP contribution is -2.38. The topological polar surface area (TPSA) is 84.2 Å². The van der Waals surface area contributed by atoms with E-state index in [0.29, 0.717) is 37.0 Å². The molecule has 21 heavy (non-hydrogen) atoms. The molecule has 7 heteroatoms. The van der Waals surface area contributed by atoms with Crippen molar-refractivity contribution in [2.24, 2.45) is 0 Å². The second-order valence-corrected chi connectivity index (χ2v) is 4.94. The molecule has 1 fully saturated rings. The largest absolute Gasteiger partial charge is 0.338 e. The van der Waals surface area contributed by atoms with E-state index in [1.807, 2.05) is 25.1 Å². The number of nitrogens with zero attached hydrogens (tertiary/aromatic N) is 4. The third-order valence-electron chi connectivity index (χ3n) is 3.49. The zero-order chi connectivity index (χ0) is 14.7. The fourth-order valence-electron chi connectivity index (χ4n) is 2.41. The molecule has 3 heterocycles. The summed E-state index contributed by atoms with van der Waals surface area (Å²) in [5.74, 6) is 1.18. The van der Waals surface area contributed by atoms with Crippen molar-refractivity contribution in [3.05, 3.63) is 30.2 Å². The molecule has 7 nitrogen and oxygen atoms in total. The highest BCUT2D eigenvalue weighted by atomic mass is 16.5. The highest BCUT2D eigenvalue weighted by Crippen LogP contribution is 2.26. The molecule has 0 aliphatic carbocycles. The summed E-state index contributed by atoms with van der Waals surface area (Å²) in [5.41, 5.74) is 0.662. The number of nitrogens with one attached hydrogen (secondary N) is 1. The first-order valence-electron chi connectivity index (χ1n) is 7.05. The lowest BCUT2D eigenvalue weighted by atomic mass is 10.1. The number of rotatable bonds is 3. The maximum atomic E-state index is 11.8. The first-order chi connectivity index (χ1) is 10.3. The Balaban J connectivity index is 1.69. The quantitative estimate of drug-likeness (QED) is 0.928. The van der Waals surface area contributed by atoms with Gasteiger partial charge < -0.3 is 14.7 Å². The molecule has 2 aromatic heterocycles. The molecule has 1 aliphatic rings. The Labute approximate surface area is 122 Å². The van der Waals surface area contributed by atoms with Gasteiger partial charge in [0.15, 0.2) is 5.82 Å². The highest BCUT2D eigenvalue weighted by molar-refractivity contribution is 5.74. The molecule has 0 spiro atoms. The number of urea groups is 1. The van der Waals surface area contributed by atoms with Crippen LogP contribution >= 0.6 is 0 Å². The molecular weight excluding hydrogens is 270 g/mol. The van der Waals surface area contributed by atoms with Crippen LogP contribution in [0, 0.1) is 0 Å². The molecule has 2 amide bonds. The summed E-state index contributed by atoms with van der Waals surface area (Å²) in [4.78, 5) is 22.2. The number of hydrogen-bond acceptors (Lipinski definition) is 5. The van der Waals surface area contributed by atoms with Crippen LogP contribution < -0.4 is 5.32 Å². The monoisotopic (exact) mass is 287 g/mol. The zero-order valence-electron chi connectivity index (χ0n) is 11.8. The van der Waals surface area contributed by atoms with E-state index in [4.69, 9.17) is 4.52 Å². The number of likely N-dealkylation sites (tertiary alicyclic amines) is 1. The van der Waals surface area contributed by atoms with Gasteiger partial charge in [0.1, 0.15) is 5.69 Å². The van der Waals surface area contributed by atoms with Gasteiger partial charge in [-0.1, -0.05) is 11.2 Å². The molecule has 1 aliphatic heterocycles. The molecule has 1 N–H and O–H groups in total. The van der Waals surface area contributed by atoms with Crippen molar-refractivity contribution in [3.8, 4) is 11.6 Å². The van der Waals surface area contributed by atoms with E-state index in [2.05, 4.69) is 20.4 Å². The first-order valence-corrected chi connectivity index (χ1v) is 7.05. The van der Waals surface area contributed by atoms with E-state index in [1.54, 1.807) is 11.1 Å². The average molecular weight is 287 g/mol. The van der Waals surface area contributed by atoms with Crippen LogP contribution in [0.25, 0.3) is 11.6 Å². The van der Waals surface area contributed by atoms with Gasteiger partial charge >= 0.3 is 6.03 Å². The standard InChI is InChI=1S/C14H17N5O2/c1-2-15-14(20)19-8-6-10(9-19)12-17-13(21-18-12)11-5-3-4-7-16-11/h3-5,7,10H,2,6,8-9H2,1H3,(H,15,20). The summed E-state index contributed by atoms with van der Waals surface area (Å²) in [6.45, 7) is 3.87. The first kappa shape index (κ1) is 13.5. The van der Waals surface area contributed by atoms with Gasteiger partial charge in [0.05, 0.1) is 0 Å². The van der Waals surface area contributed by atoms with Crippen molar-refractivity contribution >= 4 is 6.03 Å². The maximum absolute atomic E-state index is 11.8. The molecule has 0 aromatic carbocycles. The molecule has 1 saturated heterocycles. The van der Waals surface area contributed by atoms with Gasteiger partial charge in [-0.15, -0.1) is 0 Å². The van der Waals surface area contributed by atoms with E-state index < -0.39 is 0 Å². The Morgan fingerprint density at radius 3 is 3.19 bits per heavy atom. The van der Waals surface area contributed by atoms with Crippen LogP contribution in [0.5, 0.6) is 0 Å². The third-order valence-corrected chi connectivity index (χ3v) is 3.49. The number of aromatic nitrogens is 3. The minimum atomic E-state index is -0.0338. The third kappa shape index (κ3) is 2.86. The summed E-state index contributed by atoms with van der Waals surface area (Å²) in [7, 11) is 0. The Kier molecular flexibility index (Phi) is 3.81. The number of amides is 2. The lowest BCUT2D eigenvalue weighted by molar-refractivity contribution is 0.208. The summed E-state index contributed by atoms with van der Waals surface area (Å²) < 4.78 is 5.26. The Hall–Kier alpha value is -2.44. The molecule has 110 valence electrons.